The third-order valence-corrected chi connectivity index (χ3v) is 4.08. The number of hydrogen-bond donors (Lipinski definition) is 2. The van der Waals surface area contributed by atoms with Crippen LogP contribution in [0.15, 0.2) is 6.07 Å². The molecule has 1 amide bonds. The summed E-state index contributed by atoms with van der Waals surface area (Å²) in [7, 11) is 1.38. The van der Waals surface area contributed by atoms with Crippen molar-refractivity contribution in [2.75, 3.05) is 0 Å². The minimum absolute atomic E-state index is 0.0639. The number of aryl methyl sites for hydroxylation is 1. The van der Waals surface area contributed by atoms with Crippen LogP contribution < -0.4 is 5.32 Å². The van der Waals surface area contributed by atoms with Crippen molar-refractivity contribution < 1.29 is 23.1 Å². The van der Waals surface area contributed by atoms with Crippen molar-refractivity contribution in [3.8, 4) is 0 Å². The van der Waals surface area contributed by atoms with Gasteiger partial charge in [0.1, 0.15) is 6.10 Å². The zero-order valence-corrected chi connectivity index (χ0v) is 12.4. The van der Waals surface area contributed by atoms with E-state index in [9.17, 15) is 23.1 Å². The van der Waals surface area contributed by atoms with Crippen molar-refractivity contribution in [1.29, 1.82) is 0 Å². The van der Waals surface area contributed by atoms with Crippen molar-refractivity contribution >= 4 is 5.91 Å². The second-order valence-electron chi connectivity index (χ2n) is 5.70. The van der Waals surface area contributed by atoms with E-state index in [0.717, 1.165) is 42.9 Å². The van der Waals surface area contributed by atoms with Crippen LogP contribution in [-0.2, 0) is 24.6 Å². The number of aliphatic hydroxyl groups is 1. The van der Waals surface area contributed by atoms with E-state index in [0.29, 0.717) is 0 Å². The van der Waals surface area contributed by atoms with Crippen LogP contribution in [0.3, 0.4) is 0 Å². The number of carbonyl (C=O) groups excluding carboxylic acids is 1. The van der Waals surface area contributed by atoms with E-state index in [1.807, 2.05) is 0 Å². The highest BCUT2D eigenvalue weighted by molar-refractivity contribution is 5.80. The Bertz CT molecular complexity index is 522. The fourth-order valence-electron chi connectivity index (χ4n) is 2.76. The molecule has 2 rings (SSSR count). The van der Waals surface area contributed by atoms with Crippen LogP contribution in [0.5, 0.6) is 0 Å². The first kappa shape index (κ1) is 16.8. The lowest BCUT2D eigenvalue weighted by Crippen LogP contribution is -2.40. The number of hydrogen-bond acceptors (Lipinski definition) is 3. The summed E-state index contributed by atoms with van der Waals surface area (Å²) < 4.78 is 38.7. The quantitative estimate of drug-likeness (QED) is 0.892. The average molecular weight is 319 g/mol. The summed E-state index contributed by atoms with van der Waals surface area (Å²) in [6.45, 7) is -0.0950. The topological polar surface area (TPSA) is 67.2 Å². The maximum atomic E-state index is 12.5. The van der Waals surface area contributed by atoms with Crippen molar-refractivity contribution in [2.24, 2.45) is 13.0 Å². The molecule has 1 heterocycles. The van der Waals surface area contributed by atoms with Gasteiger partial charge in [-0.3, -0.25) is 9.48 Å². The molecule has 1 aromatic heterocycles. The SMILES string of the molecule is Cn1nc(C(F)(F)F)cc1CNC(=O)C(O)C1CCCCC1. The summed E-state index contributed by atoms with van der Waals surface area (Å²) in [6, 6.07) is 0.896. The summed E-state index contributed by atoms with van der Waals surface area (Å²) in [6.07, 6.45) is -0.911. The standard InChI is InChI=1S/C14H20F3N3O2/c1-20-10(7-11(19-20)14(15,16)17)8-18-13(22)12(21)9-5-3-2-4-6-9/h7,9,12,21H,2-6,8H2,1H3,(H,18,22). The summed E-state index contributed by atoms with van der Waals surface area (Å²) in [4.78, 5) is 11.9. The molecule has 0 radical (unpaired) electrons. The van der Waals surface area contributed by atoms with Crippen molar-refractivity contribution in [1.82, 2.24) is 15.1 Å². The molecule has 1 aliphatic carbocycles. The van der Waals surface area contributed by atoms with Crippen LogP contribution in [0.4, 0.5) is 13.2 Å². The molecule has 0 bridgehead atoms. The Labute approximate surface area is 126 Å². The van der Waals surface area contributed by atoms with E-state index in [-0.39, 0.29) is 18.2 Å². The van der Waals surface area contributed by atoms with Gasteiger partial charge in [0.25, 0.3) is 0 Å². The Morgan fingerprint density at radius 1 is 1.45 bits per heavy atom. The predicted molar refractivity (Wildman–Crippen MR) is 72.6 cm³/mol. The molecule has 1 unspecified atom stereocenters. The number of aliphatic hydroxyl groups excluding tert-OH is 1. The molecule has 2 N–H and O–H groups in total. The smallest absolute Gasteiger partial charge is 0.383 e. The first-order valence-electron chi connectivity index (χ1n) is 7.35. The second kappa shape index (κ2) is 6.68. The molecular formula is C14H20F3N3O2. The molecule has 0 saturated heterocycles. The molecule has 124 valence electrons. The van der Waals surface area contributed by atoms with E-state index in [2.05, 4.69) is 10.4 Å². The van der Waals surface area contributed by atoms with Gasteiger partial charge in [-0.2, -0.15) is 18.3 Å². The minimum Gasteiger partial charge on any atom is -0.383 e. The molecule has 22 heavy (non-hydrogen) atoms. The molecule has 0 aromatic carbocycles. The van der Waals surface area contributed by atoms with Crippen LogP contribution in [0.25, 0.3) is 0 Å². The maximum Gasteiger partial charge on any atom is 0.435 e. The number of carbonyl (C=O) groups is 1. The number of halogens is 3. The lowest BCUT2D eigenvalue weighted by atomic mass is 9.85. The van der Waals surface area contributed by atoms with Crippen LogP contribution in [0.1, 0.15) is 43.5 Å². The highest BCUT2D eigenvalue weighted by Gasteiger charge is 2.34. The first-order chi connectivity index (χ1) is 10.3. The van der Waals surface area contributed by atoms with E-state index in [1.165, 1.54) is 7.05 Å². The number of amides is 1. The fraction of sp³-hybridized carbons (Fsp3) is 0.714. The number of rotatable bonds is 4. The Hall–Kier alpha value is -1.57. The number of aromatic nitrogens is 2. The van der Waals surface area contributed by atoms with Crippen LogP contribution >= 0.6 is 0 Å². The van der Waals surface area contributed by atoms with E-state index in [4.69, 9.17) is 0 Å². The molecule has 0 spiro atoms. The van der Waals surface area contributed by atoms with Crippen molar-refractivity contribution in [3.05, 3.63) is 17.5 Å². The third-order valence-electron chi connectivity index (χ3n) is 4.08. The lowest BCUT2D eigenvalue weighted by molar-refractivity contribution is -0.141. The first-order valence-corrected chi connectivity index (χ1v) is 7.35. The van der Waals surface area contributed by atoms with E-state index in [1.54, 1.807) is 0 Å². The zero-order chi connectivity index (χ0) is 16.3. The van der Waals surface area contributed by atoms with Gasteiger partial charge in [-0.1, -0.05) is 19.3 Å². The largest absolute Gasteiger partial charge is 0.435 e. The summed E-state index contributed by atoms with van der Waals surface area (Å²) in [5.41, 5.74) is -0.761. The van der Waals surface area contributed by atoms with Crippen LogP contribution in [0, 0.1) is 5.92 Å². The van der Waals surface area contributed by atoms with Gasteiger partial charge in [0.2, 0.25) is 5.91 Å². The van der Waals surface area contributed by atoms with Gasteiger partial charge in [-0.25, -0.2) is 0 Å². The summed E-state index contributed by atoms with van der Waals surface area (Å²) >= 11 is 0. The Kier molecular flexibility index (Phi) is 5.10. The molecule has 1 saturated carbocycles. The Morgan fingerprint density at radius 2 is 2.09 bits per heavy atom. The molecule has 8 heteroatoms. The van der Waals surface area contributed by atoms with E-state index < -0.39 is 23.9 Å². The molecule has 5 nitrogen and oxygen atoms in total. The van der Waals surface area contributed by atoms with Gasteiger partial charge in [0.05, 0.1) is 12.2 Å². The number of alkyl halides is 3. The van der Waals surface area contributed by atoms with Gasteiger partial charge < -0.3 is 10.4 Å². The summed E-state index contributed by atoms with van der Waals surface area (Å²) in [5, 5.41) is 15.9. The molecular weight excluding hydrogens is 299 g/mol. The van der Waals surface area contributed by atoms with Gasteiger partial charge in [-0.05, 0) is 24.8 Å². The average Bonchev–Trinajstić information content (AvgIpc) is 2.86. The highest BCUT2D eigenvalue weighted by atomic mass is 19.4. The zero-order valence-electron chi connectivity index (χ0n) is 12.4. The normalized spacial score (nSPS) is 18.2. The minimum atomic E-state index is -4.51. The number of nitrogens with zero attached hydrogens (tertiary/aromatic N) is 2. The van der Waals surface area contributed by atoms with Gasteiger partial charge in [0.15, 0.2) is 5.69 Å². The van der Waals surface area contributed by atoms with Gasteiger partial charge >= 0.3 is 6.18 Å². The monoisotopic (exact) mass is 319 g/mol. The molecule has 0 aliphatic heterocycles. The molecule has 1 aliphatic rings. The van der Waals surface area contributed by atoms with Crippen molar-refractivity contribution in [3.63, 3.8) is 0 Å². The van der Waals surface area contributed by atoms with Crippen LogP contribution in [-0.4, -0.2) is 26.9 Å². The Morgan fingerprint density at radius 3 is 2.64 bits per heavy atom. The number of nitrogens with one attached hydrogen (secondary N) is 1. The highest BCUT2D eigenvalue weighted by Crippen LogP contribution is 2.28. The van der Waals surface area contributed by atoms with Gasteiger partial charge in [0, 0.05) is 7.05 Å². The second-order valence-corrected chi connectivity index (χ2v) is 5.70. The molecule has 1 atom stereocenters. The van der Waals surface area contributed by atoms with Gasteiger partial charge in [-0.15, -0.1) is 0 Å². The lowest BCUT2D eigenvalue weighted by Gasteiger charge is -2.25. The molecule has 1 aromatic rings. The Balaban J connectivity index is 1.92. The predicted octanol–water partition coefficient (Wildman–Crippen LogP) is 2.00. The maximum absolute atomic E-state index is 12.5. The third kappa shape index (κ3) is 4.00. The van der Waals surface area contributed by atoms with Crippen LogP contribution in [0.2, 0.25) is 0 Å². The van der Waals surface area contributed by atoms with Crippen molar-refractivity contribution in [2.45, 2.75) is 50.9 Å². The fourth-order valence-corrected chi connectivity index (χ4v) is 2.76. The molecule has 1 fully saturated rings. The summed E-state index contributed by atoms with van der Waals surface area (Å²) in [5.74, 6) is -0.604. The van der Waals surface area contributed by atoms with E-state index >= 15 is 0 Å².